The standard InChI is InChI=1S/C20H22N2OS/c1-4-12-22-17(15-8-6-5-7-9-15)13-16(21-22)18-10-11-19(24-18)20(23)14(2)3/h5-11,13-14H,4,12H2,1-3H3. The van der Waals surface area contributed by atoms with Gasteiger partial charge in [0.15, 0.2) is 5.78 Å². The Morgan fingerprint density at radius 2 is 1.92 bits per heavy atom. The monoisotopic (exact) mass is 338 g/mol. The Morgan fingerprint density at radius 1 is 1.17 bits per heavy atom. The Balaban J connectivity index is 1.99. The lowest BCUT2D eigenvalue weighted by atomic mass is 10.1. The lowest BCUT2D eigenvalue weighted by molar-refractivity contribution is 0.0943. The van der Waals surface area contributed by atoms with Gasteiger partial charge in [-0.2, -0.15) is 5.10 Å². The summed E-state index contributed by atoms with van der Waals surface area (Å²) in [6, 6.07) is 16.4. The summed E-state index contributed by atoms with van der Waals surface area (Å²) in [4.78, 5) is 14.0. The quantitative estimate of drug-likeness (QED) is 0.554. The normalized spacial score (nSPS) is 11.2. The molecule has 0 N–H and O–H groups in total. The summed E-state index contributed by atoms with van der Waals surface area (Å²) < 4.78 is 2.06. The van der Waals surface area contributed by atoms with Crippen molar-refractivity contribution >= 4 is 17.1 Å². The van der Waals surface area contributed by atoms with Crippen LogP contribution in [0.15, 0.2) is 48.5 Å². The van der Waals surface area contributed by atoms with Gasteiger partial charge in [0.05, 0.1) is 15.4 Å². The van der Waals surface area contributed by atoms with Gasteiger partial charge in [0.2, 0.25) is 0 Å². The van der Waals surface area contributed by atoms with Crippen molar-refractivity contribution in [1.82, 2.24) is 9.78 Å². The lowest BCUT2D eigenvalue weighted by Crippen LogP contribution is -2.04. The maximum absolute atomic E-state index is 12.2. The molecule has 124 valence electrons. The molecular weight excluding hydrogens is 316 g/mol. The molecule has 0 radical (unpaired) electrons. The number of aromatic nitrogens is 2. The fourth-order valence-corrected chi connectivity index (χ4v) is 3.70. The number of ketones is 1. The van der Waals surface area contributed by atoms with Gasteiger partial charge in [0, 0.05) is 12.5 Å². The van der Waals surface area contributed by atoms with Crippen molar-refractivity contribution in [2.24, 2.45) is 5.92 Å². The van der Waals surface area contributed by atoms with E-state index >= 15 is 0 Å². The SMILES string of the molecule is CCCn1nc(-c2ccc(C(=O)C(C)C)s2)cc1-c1ccccc1. The van der Waals surface area contributed by atoms with Crippen LogP contribution in [0.5, 0.6) is 0 Å². The molecule has 0 saturated carbocycles. The second-order valence-electron chi connectivity index (χ2n) is 6.19. The number of thiophene rings is 1. The van der Waals surface area contributed by atoms with Crippen LogP contribution in [-0.4, -0.2) is 15.6 Å². The summed E-state index contributed by atoms with van der Waals surface area (Å²) in [6.45, 7) is 6.91. The highest BCUT2D eigenvalue weighted by Crippen LogP contribution is 2.32. The van der Waals surface area contributed by atoms with E-state index in [1.807, 2.05) is 44.2 Å². The number of rotatable bonds is 6. The van der Waals surface area contributed by atoms with Gasteiger partial charge in [-0.05, 0) is 30.2 Å². The predicted molar refractivity (Wildman–Crippen MR) is 100 cm³/mol. The molecule has 3 rings (SSSR count). The minimum Gasteiger partial charge on any atom is -0.293 e. The molecular formula is C20H22N2OS. The van der Waals surface area contributed by atoms with E-state index in [1.54, 1.807) is 0 Å². The second kappa shape index (κ2) is 7.14. The summed E-state index contributed by atoms with van der Waals surface area (Å²) >= 11 is 1.53. The molecule has 0 aliphatic carbocycles. The smallest absolute Gasteiger partial charge is 0.175 e. The Hall–Kier alpha value is -2.20. The van der Waals surface area contributed by atoms with Crippen LogP contribution in [0, 0.1) is 5.92 Å². The van der Waals surface area contributed by atoms with Crippen molar-refractivity contribution in [2.75, 3.05) is 0 Å². The van der Waals surface area contributed by atoms with Gasteiger partial charge in [-0.15, -0.1) is 11.3 Å². The van der Waals surface area contributed by atoms with Crippen LogP contribution in [-0.2, 0) is 6.54 Å². The molecule has 0 spiro atoms. The zero-order valence-corrected chi connectivity index (χ0v) is 15.1. The molecule has 0 unspecified atom stereocenters. The van der Waals surface area contributed by atoms with Crippen LogP contribution in [0.2, 0.25) is 0 Å². The van der Waals surface area contributed by atoms with Crippen LogP contribution in [0.1, 0.15) is 36.9 Å². The molecule has 3 nitrogen and oxygen atoms in total. The number of benzene rings is 1. The van der Waals surface area contributed by atoms with E-state index in [0.29, 0.717) is 0 Å². The third kappa shape index (κ3) is 3.34. The summed E-state index contributed by atoms with van der Waals surface area (Å²) in [5.74, 6) is 0.219. The van der Waals surface area contributed by atoms with Crippen LogP contribution >= 0.6 is 11.3 Å². The molecule has 24 heavy (non-hydrogen) atoms. The van der Waals surface area contributed by atoms with E-state index in [2.05, 4.69) is 29.8 Å². The number of hydrogen-bond donors (Lipinski definition) is 0. The third-order valence-electron chi connectivity index (χ3n) is 3.91. The van der Waals surface area contributed by atoms with Gasteiger partial charge in [-0.1, -0.05) is 51.1 Å². The number of aryl methyl sites for hydroxylation is 1. The van der Waals surface area contributed by atoms with E-state index in [1.165, 1.54) is 16.9 Å². The molecule has 2 aromatic heterocycles. The maximum atomic E-state index is 12.2. The Labute approximate surface area is 147 Å². The molecule has 3 aromatic rings. The van der Waals surface area contributed by atoms with Crippen molar-refractivity contribution in [2.45, 2.75) is 33.7 Å². The first kappa shape index (κ1) is 16.7. The molecule has 0 saturated heterocycles. The van der Waals surface area contributed by atoms with Crippen molar-refractivity contribution in [1.29, 1.82) is 0 Å². The Morgan fingerprint density at radius 3 is 2.58 bits per heavy atom. The van der Waals surface area contributed by atoms with E-state index in [-0.39, 0.29) is 11.7 Å². The average Bonchev–Trinajstić information content (AvgIpc) is 3.22. The lowest BCUT2D eigenvalue weighted by Gasteiger charge is -2.05. The number of hydrogen-bond acceptors (Lipinski definition) is 3. The van der Waals surface area contributed by atoms with Gasteiger partial charge in [0.25, 0.3) is 0 Å². The molecule has 2 heterocycles. The third-order valence-corrected chi connectivity index (χ3v) is 5.03. The van der Waals surface area contributed by atoms with Crippen molar-refractivity contribution in [3.05, 3.63) is 53.4 Å². The summed E-state index contributed by atoms with van der Waals surface area (Å²) in [7, 11) is 0. The minimum atomic E-state index is 0.0222. The summed E-state index contributed by atoms with van der Waals surface area (Å²) in [5.41, 5.74) is 3.23. The van der Waals surface area contributed by atoms with Gasteiger partial charge in [0.1, 0.15) is 5.69 Å². The molecule has 4 heteroatoms. The minimum absolute atomic E-state index is 0.0222. The van der Waals surface area contributed by atoms with E-state index < -0.39 is 0 Å². The van der Waals surface area contributed by atoms with Crippen LogP contribution in [0.25, 0.3) is 21.8 Å². The van der Waals surface area contributed by atoms with Crippen molar-refractivity contribution < 1.29 is 4.79 Å². The Bertz CT molecular complexity index is 830. The largest absolute Gasteiger partial charge is 0.293 e. The topological polar surface area (TPSA) is 34.9 Å². The van der Waals surface area contributed by atoms with Gasteiger partial charge in [-0.25, -0.2) is 0 Å². The summed E-state index contributed by atoms with van der Waals surface area (Å²) in [5, 5.41) is 4.78. The highest BCUT2D eigenvalue weighted by Gasteiger charge is 2.16. The molecule has 0 atom stereocenters. The van der Waals surface area contributed by atoms with Crippen LogP contribution in [0.3, 0.4) is 0 Å². The zero-order chi connectivity index (χ0) is 17.1. The van der Waals surface area contributed by atoms with E-state index in [9.17, 15) is 4.79 Å². The fraction of sp³-hybridized carbons (Fsp3) is 0.300. The van der Waals surface area contributed by atoms with Gasteiger partial charge in [-0.3, -0.25) is 9.48 Å². The summed E-state index contributed by atoms with van der Waals surface area (Å²) in [6.07, 6.45) is 1.03. The highest BCUT2D eigenvalue weighted by atomic mass is 32.1. The maximum Gasteiger partial charge on any atom is 0.175 e. The average molecular weight is 338 g/mol. The number of nitrogens with zero attached hydrogens (tertiary/aromatic N) is 2. The number of carbonyl (C=O) groups excluding carboxylic acids is 1. The molecule has 0 aliphatic heterocycles. The highest BCUT2D eigenvalue weighted by molar-refractivity contribution is 7.17. The molecule has 0 fully saturated rings. The van der Waals surface area contributed by atoms with Crippen LogP contribution in [0.4, 0.5) is 0 Å². The molecule has 0 aliphatic rings. The van der Waals surface area contributed by atoms with E-state index in [0.717, 1.165) is 34.1 Å². The zero-order valence-electron chi connectivity index (χ0n) is 14.3. The molecule has 0 amide bonds. The van der Waals surface area contributed by atoms with Crippen molar-refractivity contribution in [3.8, 4) is 21.8 Å². The fourth-order valence-electron chi connectivity index (χ4n) is 2.65. The van der Waals surface area contributed by atoms with Crippen LogP contribution < -0.4 is 0 Å². The van der Waals surface area contributed by atoms with E-state index in [4.69, 9.17) is 5.10 Å². The number of carbonyl (C=O) groups is 1. The second-order valence-corrected chi connectivity index (χ2v) is 7.27. The first-order chi connectivity index (χ1) is 11.6. The van der Waals surface area contributed by atoms with Gasteiger partial charge < -0.3 is 0 Å². The van der Waals surface area contributed by atoms with Gasteiger partial charge >= 0.3 is 0 Å². The first-order valence-electron chi connectivity index (χ1n) is 8.38. The Kier molecular flexibility index (Phi) is 4.95. The first-order valence-corrected chi connectivity index (χ1v) is 9.19. The molecule has 0 bridgehead atoms. The predicted octanol–water partition coefficient (Wildman–Crippen LogP) is 5.53. The molecule has 1 aromatic carbocycles. The van der Waals surface area contributed by atoms with Crippen molar-refractivity contribution in [3.63, 3.8) is 0 Å². The number of Topliss-reactive ketones (excluding diaryl/α,β-unsaturated/α-hetero) is 1.